The number of benzene rings is 1. The molecule has 0 spiro atoms. The van der Waals surface area contributed by atoms with Crippen LogP contribution in [0.25, 0.3) is 0 Å². The summed E-state index contributed by atoms with van der Waals surface area (Å²) in [5.41, 5.74) is 0.339. The summed E-state index contributed by atoms with van der Waals surface area (Å²) in [4.78, 5) is 10.7. The van der Waals surface area contributed by atoms with Gasteiger partial charge < -0.3 is 4.74 Å². The maximum absolute atomic E-state index is 12.7. The normalized spacial score (nSPS) is 9.19. The minimum absolute atomic E-state index is 0.0499. The van der Waals surface area contributed by atoms with E-state index in [0.29, 0.717) is 5.56 Å². The number of ether oxygens (including phenoxy) is 1. The summed E-state index contributed by atoms with van der Waals surface area (Å²) in [6.07, 6.45) is 0.285. The van der Waals surface area contributed by atoms with Gasteiger partial charge in [-0.05, 0) is 18.2 Å². The van der Waals surface area contributed by atoms with Gasteiger partial charge in [-0.3, -0.25) is 4.79 Å². The van der Waals surface area contributed by atoms with Gasteiger partial charge in [0.05, 0.1) is 0 Å². The summed E-state index contributed by atoms with van der Waals surface area (Å²) in [6.45, 7) is 1.62. The monoisotopic (exact) mass is 224 g/mol. The topological polar surface area (TPSA) is 26.3 Å². The Morgan fingerprint density at radius 2 is 2.12 bits per heavy atom. The lowest BCUT2D eigenvalue weighted by molar-refractivity contribution is -0.141. The highest BCUT2D eigenvalue weighted by atomic mass is 19.2. The first-order valence-electron chi connectivity index (χ1n) is 4.73. The second-order valence-corrected chi connectivity index (χ2v) is 2.94. The van der Waals surface area contributed by atoms with E-state index < -0.39 is 11.6 Å². The van der Waals surface area contributed by atoms with E-state index in [1.807, 2.05) is 0 Å². The molecule has 0 saturated carbocycles. The van der Waals surface area contributed by atoms with Crippen LogP contribution >= 0.6 is 0 Å². The molecule has 2 nitrogen and oxygen atoms in total. The second-order valence-electron chi connectivity index (χ2n) is 2.94. The quantitative estimate of drug-likeness (QED) is 0.569. The van der Waals surface area contributed by atoms with Gasteiger partial charge in [-0.15, -0.1) is 0 Å². The highest BCUT2D eigenvalue weighted by molar-refractivity contribution is 5.69. The molecule has 0 N–H and O–H groups in total. The zero-order valence-corrected chi connectivity index (χ0v) is 8.72. The van der Waals surface area contributed by atoms with Gasteiger partial charge in [-0.1, -0.05) is 18.8 Å². The first-order valence-corrected chi connectivity index (χ1v) is 4.73. The second kappa shape index (κ2) is 5.86. The van der Waals surface area contributed by atoms with Crippen molar-refractivity contribution in [2.24, 2.45) is 0 Å². The Balaban J connectivity index is 2.56. The molecule has 0 aromatic heterocycles. The van der Waals surface area contributed by atoms with Gasteiger partial charge in [-0.25, -0.2) is 8.78 Å². The van der Waals surface area contributed by atoms with Crippen molar-refractivity contribution in [3.8, 4) is 11.8 Å². The maximum atomic E-state index is 12.7. The minimum Gasteiger partial charge on any atom is -0.452 e. The largest absolute Gasteiger partial charge is 0.452 e. The number of hydrogen-bond donors (Lipinski definition) is 0. The summed E-state index contributed by atoms with van der Waals surface area (Å²) >= 11 is 0. The van der Waals surface area contributed by atoms with Gasteiger partial charge in [0.1, 0.15) is 0 Å². The molecule has 1 rings (SSSR count). The Labute approximate surface area is 92.2 Å². The first-order chi connectivity index (χ1) is 7.63. The Morgan fingerprint density at radius 1 is 1.38 bits per heavy atom. The van der Waals surface area contributed by atoms with Crippen molar-refractivity contribution in [1.29, 1.82) is 0 Å². The molecular formula is C12H10F2O2. The van der Waals surface area contributed by atoms with Crippen LogP contribution in [-0.4, -0.2) is 12.6 Å². The van der Waals surface area contributed by atoms with E-state index in [2.05, 4.69) is 16.6 Å². The molecule has 1 aromatic rings. The van der Waals surface area contributed by atoms with Crippen molar-refractivity contribution in [2.45, 2.75) is 13.3 Å². The third-order valence-corrected chi connectivity index (χ3v) is 1.75. The summed E-state index contributed by atoms with van der Waals surface area (Å²) in [5.74, 6) is 2.88. The number of esters is 1. The molecular weight excluding hydrogens is 214 g/mol. The Kier molecular flexibility index (Phi) is 4.46. The summed E-state index contributed by atoms with van der Waals surface area (Å²) in [5, 5.41) is 0. The molecule has 0 fully saturated rings. The van der Waals surface area contributed by atoms with Crippen LogP contribution in [0.1, 0.15) is 18.9 Å². The molecule has 0 radical (unpaired) electrons. The van der Waals surface area contributed by atoms with E-state index in [-0.39, 0.29) is 19.0 Å². The highest BCUT2D eigenvalue weighted by Gasteiger charge is 2.00. The SMILES string of the molecule is CCC(=O)OCC#Cc1ccc(F)c(F)c1. The number of hydrogen-bond acceptors (Lipinski definition) is 2. The average Bonchev–Trinajstić information content (AvgIpc) is 2.28. The van der Waals surface area contributed by atoms with Crippen LogP contribution in [0.4, 0.5) is 8.78 Å². The van der Waals surface area contributed by atoms with E-state index in [4.69, 9.17) is 0 Å². The van der Waals surface area contributed by atoms with Crippen LogP contribution in [0.5, 0.6) is 0 Å². The fourth-order valence-corrected chi connectivity index (χ4v) is 0.931. The average molecular weight is 224 g/mol. The van der Waals surface area contributed by atoms with Crippen LogP contribution in [0.3, 0.4) is 0 Å². The molecule has 16 heavy (non-hydrogen) atoms. The maximum Gasteiger partial charge on any atom is 0.306 e. The van der Waals surface area contributed by atoms with E-state index in [1.54, 1.807) is 6.92 Å². The smallest absolute Gasteiger partial charge is 0.306 e. The molecule has 0 heterocycles. The Hall–Kier alpha value is -1.89. The molecule has 0 saturated heterocycles. The molecule has 0 aliphatic rings. The Morgan fingerprint density at radius 3 is 2.75 bits per heavy atom. The third kappa shape index (κ3) is 3.70. The molecule has 84 valence electrons. The van der Waals surface area contributed by atoms with Crippen LogP contribution in [0.15, 0.2) is 18.2 Å². The molecule has 0 unspecified atom stereocenters. The van der Waals surface area contributed by atoms with Crippen LogP contribution in [-0.2, 0) is 9.53 Å². The standard InChI is InChI=1S/C12H10F2O2/c1-2-12(15)16-7-3-4-9-5-6-10(13)11(14)8-9/h5-6,8H,2,7H2,1H3. The van der Waals surface area contributed by atoms with E-state index in [1.165, 1.54) is 6.07 Å². The van der Waals surface area contributed by atoms with Crippen molar-refractivity contribution in [3.05, 3.63) is 35.4 Å². The lowest BCUT2D eigenvalue weighted by Crippen LogP contribution is -2.01. The summed E-state index contributed by atoms with van der Waals surface area (Å²) < 4.78 is 30.0. The zero-order valence-electron chi connectivity index (χ0n) is 8.72. The molecule has 0 amide bonds. The van der Waals surface area contributed by atoms with E-state index >= 15 is 0 Å². The summed E-state index contributed by atoms with van der Waals surface area (Å²) in [6, 6.07) is 3.34. The minimum atomic E-state index is -0.947. The highest BCUT2D eigenvalue weighted by Crippen LogP contribution is 2.07. The molecule has 0 aliphatic carbocycles. The van der Waals surface area contributed by atoms with Gasteiger partial charge in [0.25, 0.3) is 0 Å². The molecule has 4 heteroatoms. The fraction of sp³-hybridized carbons (Fsp3) is 0.250. The molecule has 1 aromatic carbocycles. The predicted octanol–water partition coefficient (Wildman–Crippen LogP) is 2.27. The van der Waals surface area contributed by atoms with Crippen molar-refractivity contribution < 1.29 is 18.3 Å². The number of carbonyl (C=O) groups is 1. The van der Waals surface area contributed by atoms with Gasteiger partial charge in [0.2, 0.25) is 0 Å². The van der Waals surface area contributed by atoms with Crippen LogP contribution in [0, 0.1) is 23.5 Å². The molecule has 0 atom stereocenters. The lowest BCUT2D eigenvalue weighted by Gasteiger charge is -1.95. The van der Waals surface area contributed by atoms with Crippen molar-refractivity contribution >= 4 is 5.97 Å². The number of halogens is 2. The van der Waals surface area contributed by atoms with Gasteiger partial charge in [0.15, 0.2) is 18.2 Å². The van der Waals surface area contributed by atoms with Crippen molar-refractivity contribution in [2.75, 3.05) is 6.61 Å². The zero-order chi connectivity index (χ0) is 12.0. The van der Waals surface area contributed by atoms with E-state index in [0.717, 1.165) is 12.1 Å². The molecule has 0 bridgehead atoms. The summed E-state index contributed by atoms with van der Waals surface area (Å²) in [7, 11) is 0. The van der Waals surface area contributed by atoms with Gasteiger partial charge >= 0.3 is 5.97 Å². The van der Waals surface area contributed by atoms with E-state index in [9.17, 15) is 13.6 Å². The van der Waals surface area contributed by atoms with Crippen LogP contribution in [0.2, 0.25) is 0 Å². The van der Waals surface area contributed by atoms with Crippen molar-refractivity contribution in [1.82, 2.24) is 0 Å². The number of rotatable bonds is 2. The molecule has 0 aliphatic heterocycles. The first kappa shape index (κ1) is 12.2. The van der Waals surface area contributed by atoms with Crippen molar-refractivity contribution in [3.63, 3.8) is 0 Å². The fourth-order valence-electron chi connectivity index (χ4n) is 0.931. The predicted molar refractivity (Wildman–Crippen MR) is 54.5 cm³/mol. The van der Waals surface area contributed by atoms with Gasteiger partial charge in [0, 0.05) is 12.0 Å². The Bertz CT molecular complexity index is 444. The lowest BCUT2D eigenvalue weighted by atomic mass is 10.2. The third-order valence-electron chi connectivity index (χ3n) is 1.75. The number of carbonyl (C=O) groups excluding carboxylic acids is 1. The van der Waals surface area contributed by atoms with Gasteiger partial charge in [-0.2, -0.15) is 0 Å². The van der Waals surface area contributed by atoms with Crippen LogP contribution < -0.4 is 0 Å².